The lowest BCUT2D eigenvalue weighted by molar-refractivity contribution is 0.758. The average Bonchev–Trinajstić information content (AvgIpc) is 2.95. The van der Waals surface area contributed by atoms with E-state index in [2.05, 4.69) is 41.0 Å². The largest absolute Gasteiger partial charge is 0.255 e. The van der Waals surface area contributed by atoms with Crippen LogP contribution in [0.4, 0.5) is 0 Å². The highest BCUT2D eigenvalue weighted by molar-refractivity contribution is 9.10. The Balaban J connectivity index is 1.97. The van der Waals surface area contributed by atoms with E-state index in [0.717, 1.165) is 9.50 Å². The van der Waals surface area contributed by atoms with E-state index in [-0.39, 0.29) is 5.28 Å². The van der Waals surface area contributed by atoms with Crippen LogP contribution in [0.15, 0.2) is 51.4 Å². The molecule has 0 aliphatic carbocycles. The Morgan fingerprint density at radius 1 is 1.15 bits per heavy atom. The lowest BCUT2D eigenvalue weighted by Gasteiger charge is -2.04. The van der Waals surface area contributed by atoms with Gasteiger partial charge < -0.3 is 0 Å². The normalized spacial score (nSPS) is 10.7. The van der Waals surface area contributed by atoms with Gasteiger partial charge in [-0.25, -0.2) is 9.67 Å². The summed E-state index contributed by atoms with van der Waals surface area (Å²) in [5, 5.41) is 5.38. The molecule has 0 aliphatic rings. The van der Waals surface area contributed by atoms with Crippen LogP contribution >= 0.6 is 39.3 Å². The quantitative estimate of drug-likeness (QED) is 0.707. The zero-order chi connectivity index (χ0) is 13.9. The Morgan fingerprint density at radius 3 is 2.80 bits per heavy atom. The van der Waals surface area contributed by atoms with Crippen LogP contribution in [0.2, 0.25) is 5.28 Å². The lowest BCUT2D eigenvalue weighted by Crippen LogP contribution is -2.04. The fourth-order valence-corrected chi connectivity index (χ4v) is 2.80. The maximum Gasteiger partial charge on any atom is 0.255 e. The topological polar surface area (TPSA) is 69.4 Å². The molecule has 0 bridgehead atoms. The molecular formula is C11H6BrClN6S. The Kier molecular flexibility index (Phi) is 3.95. The highest BCUT2D eigenvalue weighted by Gasteiger charge is 2.11. The smallest absolute Gasteiger partial charge is 0.248 e. The molecule has 6 nitrogen and oxygen atoms in total. The summed E-state index contributed by atoms with van der Waals surface area (Å²) in [6.45, 7) is 0. The first-order valence-electron chi connectivity index (χ1n) is 5.42. The minimum Gasteiger partial charge on any atom is -0.248 e. The Bertz CT molecular complexity index is 736. The molecule has 0 aromatic carbocycles. The Labute approximate surface area is 131 Å². The molecule has 0 amide bonds. The predicted octanol–water partition coefficient (Wildman–Crippen LogP) is 3.02. The average molecular weight is 370 g/mol. The van der Waals surface area contributed by atoms with Crippen LogP contribution in [0, 0.1) is 0 Å². The van der Waals surface area contributed by atoms with Gasteiger partial charge in [-0.1, -0.05) is 0 Å². The maximum atomic E-state index is 5.92. The van der Waals surface area contributed by atoms with E-state index in [1.807, 2.05) is 12.1 Å². The SMILES string of the molecule is Clc1nc(Sc2ncccc2Br)nc(-n2cccn2)n1. The van der Waals surface area contributed by atoms with Crippen molar-refractivity contribution < 1.29 is 0 Å². The molecule has 0 N–H and O–H groups in total. The van der Waals surface area contributed by atoms with E-state index in [1.165, 1.54) is 16.4 Å². The second-order valence-electron chi connectivity index (χ2n) is 3.53. The van der Waals surface area contributed by atoms with Gasteiger partial charge >= 0.3 is 0 Å². The number of halogens is 2. The van der Waals surface area contributed by atoms with E-state index >= 15 is 0 Å². The third kappa shape index (κ3) is 2.97. The second-order valence-corrected chi connectivity index (χ2v) is 5.68. The summed E-state index contributed by atoms with van der Waals surface area (Å²) >= 11 is 10.6. The van der Waals surface area contributed by atoms with Gasteiger partial charge in [0.2, 0.25) is 5.28 Å². The van der Waals surface area contributed by atoms with Crippen LogP contribution in [-0.4, -0.2) is 29.7 Å². The molecule has 20 heavy (non-hydrogen) atoms. The summed E-state index contributed by atoms with van der Waals surface area (Å²) in [5.41, 5.74) is 0. The van der Waals surface area contributed by atoms with Gasteiger partial charge in [-0.05, 0) is 57.5 Å². The molecule has 0 saturated carbocycles. The van der Waals surface area contributed by atoms with Crippen LogP contribution in [0.25, 0.3) is 5.95 Å². The molecule has 0 aliphatic heterocycles. The van der Waals surface area contributed by atoms with Crippen molar-refractivity contribution in [3.63, 3.8) is 0 Å². The third-order valence-electron chi connectivity index (χ3n) is 2.20. The van der Waals surface area contributed by atoms with Crippen LogP contribution in [0.1, 0.15) is 0 Å². The Morgan fingerprint density at radius 2 is 2.05 bits per heavy atom. The maximum absolute atomic E-state index is 5.92. The van der Waals surface area contributed by atoms with Crippen LogP contribution in [-0.2, 0) is 0 Å². The van der Waals surface area contributed by atoms with Crippen molar-refractivity contribution in [3.8, 4) is 5.95 Å². The molecule has 3 aromatic rings. The van der Waals surface area contributed by atoms with Gasteiger partial charge in [0.15, 0.2) is 5.16 Å². The molecule has 0 fully saturated rings. The number of hydrogen-bond donors (Lipinski definition) is 0. The summed E-state index contributed by atoms with van der Waals surface area (Å²) in [7, 11) is 0. The summed E-state index contributed by atoms with van der Waals surface area (Å²) in [6, 6.07) is 5.51. The standard InChI is InChI=1S/C11H6BrClN6S/c12-7-3-1-4-14-8(7)20-11-17-9(13)16-10(18-11)19-6-2-5-15-19/h1-6H. The van der Waals surface area contributed by atoms with Gasteiger partial charge in [-0.2, -0.15) is 20.1 Å². The van der Waals surface area contributed by atoms with E-state index in [0.29, 0.717) is 11.1 Å². The zero-order valence-corrected chi connectivity index (χ0v) is 13.0. The molecule has 3 heterocycles. The molecule has 9 heteroatoms. The zero-order valence-electron chi connectivity index (χ0n) is 9.81. The molecular weight excluding hydrogens is 364 g/mol. The minimum absolute atomic E-state index is 0.111. The van der Waals surface area contributed by atoms with E-state index < -0.39 is 0 Å². The van der Waals surface area contributed by atoms with Gasteiger partial charge in [0.25, 0.3) is 5.95 Å². The lowest BCUT2D eigenvalue weighted by atomic mass is 10.5. The van der Waals surface area contributed by atoms with E-state index in [9.17, 15) is 0 Å². The fraction of sp³-hybridized carbons (Fsp3) is 0. The highest BCUT2D eigenvalue weighted by Crippen LogP contribution is 2.29. The summed E-state index contributed by atoms with van der Waals surface area (Å²) < 4.78 is 2.38. The van der Waals surface area contributed by atoms with Crippen LogP contribution < -0.4 is 0 Å². The number of pyridine rings is 1. The van der Waals surface area contributed by atoms with E-state index in [1.54, 1.807) is 24.7 Å². The summed E-state index contributed by atoms with van der Waals surface area (Å²) in [6.07, 6.45) is 5.07. The fourth-order valence-electron chi connectivity index (χ4n) is 1.39. The summed E-state index contributed by atoms with van der Waals surface area (Å²) in [5.74, 6) is 0.365. The molecule has 3 aromatic heterocycles. The summed E-state index contributed by atoms with van der Waals surface area (Å²) in [4.78, 5) is 16.7. The van der Waals surface area contributed by atoms with Crippen molar-refractivity contribution in [2.24, 2.45) is 0 Å². The van der Waals surface area contributed by atoms with Crippen LogP contribution in [0.5, 0.6) is 0 Å². The molecule has 0 radical (unpaired) electrons. The molecule has 3 rings (SSSR count). The molecule has 0 atom stereocenters. The number of nitrogens with zero attached hydrogens (tertiary/aromatic N) is 6. The monoisotopic (exact) mass is 368 g/mol. The Hall–Kier alpha value is -1.51. The number of hydrogen-bond acceptors (Lipinski definition) is 6. The molecule has 0 spiro atoms. The molecule has 0 unspecified atom stereocenters. The van der Waals surface area contributed by atoms with Crippen molar-refractivity contribution in [1.29, 1.82) is 0 Å². The first kappa shape index (κ1) is 13.5. The van der Waals surface area contributed by atoms with Gasteiger partial charge in [0, 0.05) is 18.6 Å². The van der Waals surface area contributed by atoms with Gasteiger partial charge in [0.1, 0.15) is 5.03 Å². The predicted molar refractivity (Wildman–Crippen MR) is 78.0 cm³/mol. The minimum atomic E-state index is 0.111. The second kappa shape index (κ2) is 5.86. The van der Waals surface area contributed by atoms with E-state index in [4.69, 9.17) is 11.6 Å². The first-order chi connectivity index (χ1) is 9.72. The van der Waals surface area contributed by atoms with Gasteiger partial charge in [-0.15, -0.1) is 0 Å². The van der Waals surface area contributed by atoms with Crippen molar-refractivity contribution in [2.45, 2.75) is 10.2 Å². The van der Waals surface area contributed by atoms with Crippen molar-refractivity contribution in [1.82, 2.24) is 29.7 Å². The molecule has 100 valence electrons. The van der Waals surface area contributed by atoms with Gasteiger partial charge in [0.05, 0.1) is 4.47 Å². The van der Waals surface area contributed by atoms with Gasteiger partial charge in [-0.3, -0.25) is 0 Å². The first-order valence-corrected chi connectivity index (χ1v) is 7.41. The number of rotatable bonds is 3. The number of aromatic nitrogens is 6. The van der Waals surface area contributed by atoms with Crippen molar-refractivity contribution >= 4 is 39.3 Å². The highest BCUT2D eigenvalue weighted by atomic mass is 79.9. The molecule has 0 saturated heterocycles. The van der Waals surface area contributed by atoms with Crippen molar-refractivity contribution in [2.75, 3.05) is 0 Å². The van der Waals surface area contributed by atoms with Crippen LogP contribution in [0.3, 0.4) is 0 Å². The van der Waals surface area contributed by atoms with Crippen molar-refractivity contribution in [3.05, 3.63) is 46.5 Å². The third-order valence-corrected chi connectivity index (χ3v) is 4.15.